The summed E-state index contributed by atoms with van der Waals surface area (Å²) >= 11 is 3.45. The molecule has 2 aromatic carbocycles. The molecule has 5 atom stereocenters. The maximum atomic E-state index is 13.5. The van der Waals surface area contributed by atoms with Gasteiger partial charge in [-0.1, -0.05) is 90.4 Å². The molecule has 2 aromatic rings. The van der Waals surface area contributed by atoms with Crippen LogP contribution in [0, 0.1) is 11.8 Å². The van der Waals surface area contributed by atoms with E-state index in [-0.39, 0.29) is 37.6 Å². The fourth-order valence-corrected chi connectivity index (χ4v) is 5.55. The molecule has 0 N–H and O–H groups in total. The SMILES string of the molecule is CC(=O)OC1[C@@H](C)[C@H](C)C(COP(=O)(OCc2ccccc2)OCc2ccccc2)O[C@@H]1Br. The maximum absolute atomic E-state index is 13.5. The second kappa shape index (κ2) is 12.2. The molecular weight excluding hydrogens is 511 g/mol. The van der Waals surface area contributed by atoms with Gasteiger partial charge in [0.2, 0.25) is 0 Å². The fourth-order valence-electron chi connectivity index (χ4n) is 3.52. The van der Waals surface area contributed by atoms with Gasteiger partial charge in [-0.25, -0.2) is 4.57 Å². The van der Waals surface area contributed by atoms with Crippen molar-refractivity contribution in [1.29, 1.82) is 0 Å². The van der Waals surface area contributed by atoms with E-state index >= 15 is 0 Å². The summed E-state index contributed by atoms with van der Waals surface area (Å²) in [4.78, 5) is 11.4. The van der Waals surface area contributed by atoms with Crippen LogP contribution in [0.15, 0.2) is 60.7 Å². The van der Waals surface area contributed by atoms with Crippen LogP contribution in [0.4, 0.5) is 0 Å². The molecule has 0 aliphatic carbocycles. The van der Waals surface area contributed by atoms with Crippen LogP contribution in [0.1, 0.15) is 31.9 Å². The van der Waals surface area contributed by atoms with Crippen molar-refractivity contribution in [3.8, 4) is 0 Å². The van der Waals surface area contributed by atoms with Gasteiger partial charge in [0.15, 0.2) is 0 Å². The van der Waals surface area contributed by atoms with Gasteiger partial charge in [0.05, 0.1) is 25.9 Å². The largest absolute Gasteiger partial charge is 0.475 e. The number of phosphoric ester groups is 1. The second-order valence-corrected chi connectivity index (χ2v) is 10.7. The standard InChI is InChI=1S/C24H30BrO7P/c1-17-18(2)23(31-19(3)26)24(25)32-22(17)16-30-33(27,28-14-20-10-6-4-7-11-20)29-15-21-12-8-5-9-13-21/h4-13,17-18,22-24H,14-16H2,1-3H3/t17-,18-,22?,23?,24-/m0/s1. The van der Waals surface area contributed by atoms with Crippen LogP contribution < -0.4 is 0 Å². The van der Waals surface area contributed by atoms with Gasteiger partial charge in [0, 0.05) is 12.8 Å². The van der Waals surface area contributed by atoms with Crippen LogP contribution in [0.3, 0.4) is 0 Å². The minimum Gasteiger partial charge on any atom is -0.459 e. The number of hydrogen-bond donors (Lipinski definition) is 0. The number of ether oxygens (including phenoxy) is 2. The van der Waals surface area contributed by atoms with Crippen molar-refractivity contribution in [3.63, 3.8) is 0 Å². The van der Waals surface area contributed by atoms with Gasteiger partial charge in [0.25, 0.3) is 0 Å². The van der Waals surface area contributed by atoms with Gasteiger partial charge in [0.1, 0.15) is 11.1 Å². The molecule has 3 rings (SSSR count). The zero-order chi connectivity index (χ0) is 23.8. The Balaban J connectivity index is 1.65. The molecule has 0 radical (unpaired) electrons. The van der Waals surface area contributed by atoms with E-state index in [4.69, 9.17) is 23.0 Å². The normalized spacial score (nSPS) is 25.5. The van der Waals surface area contributed by atoms with Crippen LogP contribution in [0.2, 0.25) is 0 Å². The van der Waals surface area contributed by atoms with Crippen molar-refractivity contribution >= 4 is 29.7 Å². The first-order chi connectivity index (χ1) is 15.8. The lowest BCUT2D eigenvalue weighted by atomic mass is 9.84. The summed E-state index contributed by atoms with van der Waals surface area (Å²) < 4.78 is 41.9. The topological polar surface area (TPSA) is 80.3 Å². The molecule has 0 saturated carbocycles. The third-order valence-corrected chi connectivity index (χ3v) is 7.75. The first kappa shape index (κ1) is 26.1. The van der Waals surface area contributed by atoms with E-state index < -0.39 is 25.0 Å². The summed E-state index contributed by atoms with van der Waals surface area (Å²) in [7, 11) is -3.90. The highest BCUT2D eigenvalue weighted by molar-refractivity contribution is 9.09. The molecule has 7 nitrogen and oxygen atoms in total. The highest BCUT2D eigenvalue weighted by atomic mass is 79.9. The van der Waals surface area contributed by atoms with E-state index in [9.17, 15) is 9.36 Å². The summed E-state index contributed by atoms with van der Waals surface area (Å²) in [6.07, 6.45) is -0.825. The third-order valence-electron chi connectivity index (χ3n) is 5.66. The van der Waals surface area contributed by atoms with Crippen molar-refractivity contribution < 1.29 is 32.4 Å². The lowest BCUT2D eigenvalue weighted by Gasteiger charge is -2.42. The van der Waals surface area contributed by atoms with Gasteiger partial charge < -0.3 is 9.47 Å². The number of carbonyl (C=O) groups excluding carboxylic acids is 1. The Morgan fingerprint density at radius 2 is 1.42 bits per heavy atom. The summed E-state index contributed by atoms with van der Waals surface area (Å²) in [5, 5.41) is -0.504. The predicted octanol–water partition coefficient (Wildman–Crippen LogP) is 5.87. The van der Waals surface area contributed by atoms with Gasteiger partial charge in [-0.3, -0.25) is 18.4 Å². The number of esters is 1. The number of benzene rings is 2. The second-order valence-electron chi connectivity index (χ2n) is 8.08. The lowest BCUT2D eigenvalue weighted by molar-refractivity contribution is -0.178. The van der Waals surface area contributed by atoms with E-state index in [0.717, 1.165) is 11.1 Å². The molecule has 1 saturated heterocycles. The first-order valence-corrected chi connectivity index (χ1v) is 13.2. The average Bonchev–Trinajstić information content (AvgIpc) is 2.82. The predicted molar refractivity (Wildman–Crippen MR) is 127 cm³/mol. The summed E-state index contributed by atoms with van der Waals surface area (Å²) in [6.45, 7) is 5.51. The molecule has 0 bridgehead atoms. The van der Waals surface area contributed by atoms with E-state index in [1.165, 1.54) is 6.92 Å². The monoisotopic (exact) mass is 540 g/mol. The molecule has 1 aliphatic rings. The molecule has 1 heterocycles. The van der Waals surface area contributed by atoms with E-state index in [1.807, 2.05) is 74.5 Å². The van der Waals surface area contributed by atoms with Crippen LogP contribution in [0.25, 0.3) is 0 Å². The molecule has 2 unspecified atom stereocenters. The van der Waals surface area contributed by atoms with Gasteiger partial charge in [-0.05, 0) is 17.0 Å². The molecule has 0 spiro atoms. The Morgan fingerprint density at radius 1 is 0.909 bits per heavy atom. The Bertz CT molecular complexity index is 879. The summed E-state index contributed by atoms with van der Waals surface area (Å²) in [6, 6.07) is 18.8. The zero-order valence-electron chi connectivity index (χ0n) is 19.0. The van der Waals surface area contributed by atoms with E-state index in [1.54, 1.807) is 0 Å². The van der Waals surface area contributed by atoms with E-state index in [2.05, 4.69) is 15.9 Å². The minimum absolute atomic E-state index is 0.00125. The molecule has 0 aromatic heterocycles. The van der Waals surface area contributed by atoms with Gasteiger partial charge in [-0.15, -0.1) is 0 Å². The molecule has 1 fully saturated rings. The van der Waals surface area contributed by atoms with Crippen molar-refractivity contribution in [2.24, 2.45) is 11.8 Å². The Kier molecular flexibility index (Phi) is 9.68. The molecule has 1 aliphatic heterocycles. The van der Waals surface area contributed by atoms with E-state index in [0.29, 0.717) is 0 Å². The maximum Gasteiger partial charge on any atom is 0.475 e. The number of hydrogen-bond acceptors (Lipinski definition) is 7. The Hall–Kier alpha value is -1.54. The minimum atomic E-state index is -3.90. The number of carbonyl (C=O) groups is 1. The third kappa shape index (κ3) is 7.74. The fraction of sp³-hybridized carbons (Fsp3) is 0.458. The molecule has 180 valence electrons. The summed E-state index contributed by atoms with van der Waals surface area (Å²) in [5.74, 6) is -0.398. The van der Waals surface area contributed by atoms with Crippen LogP contribution >= 0.6 is 23.8 Å². The van der Waals surface area contributed by atoms with Crippen molar-refractivity contribution in [2.45, 2.75) is 51.2 Å². The van der Waals surface area contributed by atoms with Crippen LogP contribution in [0.5, 0.6) is 0 Å². The average molecular weight is 541 g/mol. The van der Waals surface area contributed by atoms with Gasteiger partial charge in [-0.2, -0.15) is 0 Å². The number of halogens is 1. The Labute approximate surface area is 203 Å². The summed E-state index contributed by atoms with van der Waals surface area (Å²) in [5.41, 5.74) is 1.70. The molecule has 33 heavy (non-hydrogen) atoms. The van der Waals surface area contributed by atoms with Gasteiger partial charge >= 0.3 is 13.8 Å². The molecular formula is C24H30BrO7P. The van der Waals surface area contributed by atoms with Crippen molar-refractivity contribution in [2.75, 3.05) is 6.61 Å². The highest BCUT2D eigenvalue weighted by Gasteiger charge is 2.43. The lowest BCUT2D eigenvalue weighted by Crippen LogP contribution is -2.49. The number of rotatable bonds is 10. The highest BCUT2D eigenvalue weighted by Crippen LogP contribution is 2.51. The van der Waals surface area contributed by atoms with Crippen molar-refractivity contribution in [1.82, 2.24) is 0 Å². The quantitative estimate of drug-likeness (QED) is 0.212. The molecule has 9 heteroatoms. The number of phosphoric acid groups is 1. The molecule has 0 amide bonds. The zero-order valence-corrected chi connectivity index (χ0v) is 21.4. The first-order valence-electron chi connectivity index (χ1n) is 10.9. The van der Waals surface area contributed by atoms with Crippen LogP contribution in [-0.4, -0.2) is 29.8 Å². The van der Waals surface area contributed by atoms with Crippen molar-refractivity contribution in [3.05, 3.63) is 71.8 Å². The van der Waals surface area contributed by atoms with Crippen LogP contribution in [-0.2, 0) is 45.6 Å². The Morgan fingerprint density at radius 3 is 1.91 bits per heavy atom. The number of alkyl halides is 1. The smallest absolute Gasteiger partial charge is 0.459 e.